The van der Waals surface area contributed by atoms with Gasteiger partial charge in [-0.1, -0.05) is 72.8 Å². The molecule has 3 aromatic carbocycles. The van der Waals surface area contributed by atoms with E-state index in [1.807, 2.05) is 72.8 Å². The van der Waals surface area contributed by atoms with Gasteiger partial charge < -0.3 is 14.2 Å². The van der Waals surface area contributed by atoms with Crippen molar-refractivity contribution in [3.63, 3.8) is 0 Å². The molecule has 0 bridgehead atoms. The maximum absolute atomic E-state index is 12.2. The molecule has 184 valence electrons. The molecule has 0 spiro atoms. The number of hydrogen-bond donors (Lipinski definition) is 0. The van der Waals surface area contributed by atoms with Crippen LogP contribution in [0.4, 0.5) is 0 Å². The molecule has 0 radical (unpaired) electrons. The molecule has 3 atom stereocenters. The Morgan fingerprint density at radius 2 is 1.34 bits per heavy atom. The second-order valence-corrected chi connectivity index (χ2v) is 9.60. The molecule has 35 heavy (non-hydrogen) atoms. The van der Waals surface area contributed by atoms with Gasteiger partial charge in [0.25, 0.3) is 10.1 Å². The molecule has 0 aliphatic carbocycles. The Morgan fingerprint density at radius 3 is 1.83 bits per heavy atom. The molecule has 0 aliphatic rings. The van der Waals surface area contributed by atoms with E-state index < -0.39 is 28.4 Å². The maximum atomic E-state index is 12.2. The molecule has 0 aromatic heterocycles. The zero-order valence-corrected chi connectivity index (χ0v) is 20.6. The van der Waals surface area contributed by atoms with Crippen molar-refractivity contribution in [2.75, 3.05) is 13.4 Å². The first kappa shape index (κ1) is 26.4. The largest absolute Gasteiger partial charge is 0.497 e. The fraction of sp³-hybridized carbons (Fsp3) is 0.296. The minimum absolute atomic E-state index is 0.157. The molecule has 0 saturated carbocycles. The van der Waals surface area contributed by atoms with Crippen molar-refractivity contribution in [1.29, 1.82) is 5.26 Å². The van der Waals surface area contributed by atoms with Gasteiger partial charge in [0.05, 0.1) is 32.6 Å². The van der Waals surface area contributed by atoms with Crippen LogP contribution >= 0.6 is 0 Å². The summed E-state index contributed by atoms with van der Waals surface area (Å²) in [5, 5.41) is 9.98. The van der Waals surface area contributed by atoms with Crippen LogP contribution in [0.1, 0.15) is 16.7 Å². The van der Waals surface area contributed by atoms with Gasteiger partial charge in [-0.15, -0.1) is 0 Å². The number of benzene rings is 3. The SMILES string of the molecule is COc1ccc(C[C@H](OS(C)(=O)=O)[C@H](OCc2ccccc2)[C@H](C#N)OCc2ccccc2)cc1. The van der Waals surface area contributed by atoms with Gasteiger partial charge >= 0.3 is 0 Å². The smallest absolute Gasteiger partial charge is 0.264 e. The number of methoxy groups -OCH3 is 1. The summed E-state index contributed by atoms with van der Waals surface area (Å²) < 4.78 is 47.1. The highest BCUT2D eigenvalue weighted by Crippen LogP contribution is 2.22. The first-order valence-electron chi connectivity index (χ1n) is 11.1. The topological polar surface area (TPSA) is 94.9 Å². The van der Waals surface area contributed by atoms with Crippen LogP contribution in [0, 0.1) is 11.3 Å². The Balaban J connectivity index is 1.88. The number of hydrogen-bond acceptors (Lipinski definition) is 7. The monoisotopic (exact) mass is 495 g/mol. The van der Waals surface area contributed by atoms with Crippen molar-refractivity contribution in [2.24, 2.45) is 0 Å². The van der Waals surface area contributed by atoms with E-state index in [0.29, 0.717) is 5.75 Å². The van der Waals surface area contributed by atoms with Gasteiger partial charge in [0.1, 0.15) is 18.0 Å². The maximum Gasteiger partial charge on any atom is 0.264 e. The third kappa shape index (κ3) is 8.81. The van der Waals surface area contributed by atoms with Gasteiger partial charge in [-0.2, -0.15) is 13.7 Å². The normalized spacial score (nSPS) is 14.0. The average Bonchev–Trinajstić information content (AvgIpc) is 2.86. The molecule has 8 heteroatoms. The van der Waals surface area contributed by atoms with Gasteiger partial charge in [-0.25, -0.2) is 0 Å². The Hall–Kier alpha value is -3.22. The highest BCUT2D eigenvalue weighted by molar-refractivity contribution is 7.86. The zero-order chi connectivity index (χ0) is 25.1. The van der Waals surface area contributed by atoms with Crippen LogP contribution in [0.3, 0.4) is 0 Å². The zero-order valence-electron chi connectivity index (χ0n) is 19.7. The van der Waals surface area contributed by atoms with E-state index in [9.17, 15) is 13.7 Å². The number of nitrogens with zero attached hydrogens (tertiary/aromatic N) is 1. The van der Waals surface area contributed by atoms with Crippen LogP contribution in [0.2, 0.25) is 0 Å². The van der Waals surface area contributed by atoms with E-state index in [1.165, 1.54) is 0 Å². The summed E-state index contributed by atoms with van der Waals surface area (Å²) in [6.07, 6.45) is -1.90. The lowest BCUT2D eigenvalue weighted by atomic mass is 10.00. The number of rotatable bonds is 13. The summed E-state index contributed by atoms with van der Waals surface area (Å²) in [5.41, 5.74) is 2.55. The molecule has 0 amide bonds. The quantitative estimate of drug-likeness (QED) is 0.327. The van der Waals surface area contributed by atoms with Crippen LogP contribution in [0.15, 0.2) is 84.9 Å². The second kappa shape index (κ2) is 13.0. The molecule has 0 heterocycles. The molecule has 7 nitrogen and oxygen atoms in total. The lowest BCUT2D eigenvalue weighted by molar-refractivity contribution is -0.105. The predicted octanol–water partition coefficient (Wildman–Crippen LogP) is 4.28. The molecule has 0 unspecified atom stereocenters. The first-order valence-corrected chi connectivity index (χ1v) is 12.9. The summed E-state index contributed by atoms with van der Waals surface area (Å²) in [6.45, 7) is 0.322. The molecular formula is C27H29NO6S. The minimum atomic E-state index is -3.86. The van der Waals surface area contributed by atoms with E-state index in [4.69, 9.17) is 18.4 Å². The van der Waals surface area contributed by atoms with Crippen molar-refractivity contribution >= 4 is 10.1 Å². The van der Waals surface area contributed by atoms with Crippen molar-refractivity contribution in [1.82, 2.24) is 0 Å². The van der Waals surface area contributed by atoms with Gasteiger partial charge in [-0.05, 0) is 28.8 Å². The Morgan fingerprint density at radius 1 is 0.800 bits per heavy atom. The fourth-order valence-electron chi connectivity index (χ4n) is 3.55. The lowest BCUT2D eigenvalue weighted by Gasteiger charge is -2.30. The van der Waals surface area contributed by atoms with Crippen LogP contribution in [-0.4, -0.2) is 40.1 Å². The molecule has 0 N–H and O–H groups in total. The van der Waals surface area contributed by atoms with Gasteiger partial charge in [0, 0.05) is 6.42 Å². The molecular weight excluding hydrogens is 466 g/mol. The number of ether oxygens (including phenoxy) is 3. The highest BCUT2D eigenvalue weighted by atomic mass is 32.2. The third-order valence-corrected chi connectivity index (χ3v) is 5.84. The van der Waals surface area contributed by atoms with Crippen LogP contribution in [0.5, 0.6) is 5.75 Å². The summed E-state index contributed by atoms with van der Waals surface area (Å²) in [5.74, 6) is 0.673. The first-order chi connectivity index (χ1) is 16.9. The summed E-state index contributed by atoms with van der Waals surface area (Å²) in [7, 11) is -2.29. The van der Waals surface area contributed by atoms with E-state index >= 15 is 0 Å². The van der Waals surface area contributed by atoms with Gasteiger partial charge in [-0.3, -0.25) is 4.18 Å². The second-order valence-electron chi connectivity index (χ2n) is 8.00. The standard InChI is InChI=1S/C27H29NO6S/c1-31-24-15-13-21(14-16-24)17-25(34-35(2,29)30)27(33-20-23-11-7-4-8-12-23)26(18-28)32-19-22-9-5-3-6-10-22/h3-16,25-27H,17,19-20H2,1-2H3/t25-,26-,27-/m0/s1. The third-order valence-electron chi connectivity index (χ3n) is 5.24. The van der Waals surface area contributed by atoms with Gasteiger partial charge in [0.15, 0.2) is 6.10 Å². The summed E-state index contributed by atoms with van der Waals surface area (Å²) >= 11 is 0. The molecule has 0 fully saturated rings. The highest BCUT2D eigenvalue weighted by Gasteiger charge is 2.35. The van der Waals surface area contributed by atoms with E-state index in [-0.39, 0.29) is 19.6 Å². The van der Waals surface area contributed by atoms with E-state index in [1.54, 1.807) is 19.2 Å². The molecule has 3 aromatic rings. The van der Waals surface area contributed by atoms with Crippen molar-refractivity contribution in [3.05, 3.63) is 102 Å². The minimum Gasteiger partial charge on any atom is -0.497 e. The fourth-order valence-corrected chi connectivity index (χ4v) is 4.17. The van der Waals surface area contributed by atoms with Crippen molar-refractivity contribution in [2.45, 2.75) is 37.9 Å². The summed E-state index contributed by atoms with van der Waals surface area (Å²) in [6, 6.07) is 28.2. The summed E-state index contributed by atoms with van der Waals surface area (Å²) in [4.78, 5) is 0. The van der Waals surface area contributed by atoms with Crippen LogP contribution < -0.4 is 4.74 Å². The Bertz CT molecular complexity index is 1180. The van der Waals surface area contributed by atoms with Crippen molar-refractivity contribution in [3.8, 4) is 11.8 Å². The molecule has 0 aliphatic heterocycles. The average molecular weight is 496 g/mol. The van der Waals surface area contributed by atoms with Gasteiger partial charge in [0.2, 0.25) is 0 Å². The molecule has 3 rings (SSSR count). The van der Waals surface area contributed by atoms with Crippen LogP contribution in [-0.2, 0) is 43.4 Å². The Kier molecular flexibility index (Phi) is 9.82. The van der Waals surface area contributed by atoms with E-state index in [2.05, 4.69) is 6.07 Å². The van der Waals surface area contributed by atoms with Crippen molar-refractivity contribution < 1.29 is 26.8 Å². The Labute approximate surface area is 207 Å². The lowest BCUT2D eigenvalue weighted by Crippen LogP contribution is -2.44. The van der Waals surface area contributed by atoms with Crippen LogP contribution in [0.25, 0.3) is 0 Å². The predicted molar refractivity (Wildman–Crippen MR) is 132 cm³/mol. The number of nitriles is 1. The van der Waals surface area contributed by atoms with E-state index in [0.717, 1.165) is 22.9 Å². The molecule has 0 saturated heterocycles.